The number of phenolic OH excluding ortho intramolecular Hbond substituents is 2. The van der Waals surface area contributed by atoms with Crippen LogP contribution in [0.5, 0.6) is 11.5 Å². The number of hydrogen-bond acceptors (Lipinski definition) is 6. The molecular formula is C16H12N2O6. The minimum Gasteiger partial charge on any atom is -0.507 e. The van der Waals surface area contributed by atoms with Gasteiger partial charge in [-0.15, -0.1) is 0 Å². The van der Waals surface area contributed by atoms with E-state index in [9.17, 15) is 19.8 Å². The first kappa shape index (κ1) is 16.7. The molecule has 0 radical (unpaired) electrons. The Bertz CT molecular complexity index is 786. The summed E-state index contributed by atoms with van der Waals surface area (Å²) in [5.74, 6) is -3.07. The molecular weight excluding hydrogens is 316 g/mol. The van der Waals surface area contributed by atoms with Crippen LogP contribution in [0, 0.1) is 0 Å². The van der Waals surface area contributed by atoms with Crippen LogP contribution in [0.4, 0.5) is 0 Å². The number of carboxylic acids is 2. The first-order valence-corrected chi connectivity index (χ1v) is 6.58. The lowest BCUT2D eigenvalue weighted by atomic mass is 10.1. The minimum absolute atomic E-state index is 0.0436. The highest BCUT2D eigenvalue weighted by Crippen LogP contribution is 2.20. The van der Waals surface area contributed by atoms with Gasteiger partial charge in [0, 0.05) is 0 Å². The number of nitrogens with zero attached hydrogens (tertiary/aromatic N) is 2. The van der Waals surface area contributed by atoms with E-state index in [-0.39, 0.29) is 33.8 Å². The van der Waals surface area contributed by atoms with E-state index in [1.807, 2.05) is 0 Å². The van der Waals surface area contributed by atoms with E-state index >= 15 is 0 Å². The quantitative estimate of drug-likeness (QED) is 0.488. The highest BCUT2D eigenvalue weighted by molar-refractivity contribution is 6.01. The molecule has 0 fully saturated rings. The van der Waals surface area contributed by atoms with Gasteiger partial charge in [-0.05, 0) is 24.3 Å². The van der Waals surface area contributed by atoms with Crippen molar-refractivity contribution in [3.8, 4) is 11.5 Å². The molecule has 0 unspecified atom stereocenters. The number of carboxylic acid groups (broad SMARTS) is 2. The molecule has 4 N–H and O–H groups in total. The third-order valence-electron chi connectivity index (χ3n) is 3.07. The van der Waals surface area contributed by atoms with E-state index in [1.54, 1.807) is 0 Å². The summed E-state index contributed by atoms with van der Waals surface area (Å²) in [4.78, 5) is 22.2. The Morgan fingerprint density at radius 2 is 1.12 bits per heavy atom. The second-order valence-electron chi connectivity index (χ2n) is 4.58. The van der Waals surface area contributed by atoms with Crippen LogP contribution in [0.1, 0.15) is 31.8 Å². The molecule has 8 nitrogen and oxygen atoms in total. The van der Waals surface area contributed by atoms with Gasteiger partial charge in [0.25, 0.3) is 0 Å². The van der Waals surface area contributed by atoms with Crippen molar-refractivity contribution in [1.82, 2.24) is 0 Å². The molecule has 0 spiro atoms. The van der Waals surface area contributed by atoms with Crippen LogP contribution in [0.3, 0.4) is 0 Å². The predicted octanol–water partition coefficient (Wildman–Crippen LogP) is 1.95. The Hall–Kier alpha value is -3.68. The average Bonchev–Trinajstić information content (AvgIpc) is 2.53. The third-order valence-corrected chi connectivity index (χ3v) is 3.07. The predicted molar refractivity (Wildman–Crippen MR) is 85.3 cm³/mol. The van der Waals surface area contributed by atoms with Crippen molar-refractivity contribution in [2.45, 2.75) is 0 Å². The Balaban J connectivity index is 2.33. The summed E-state index contributed by atoms with van der Waals surface area (Å²) in [5.41, 5.74) is -0.416. The second kappa shape index (κ2) is 7.05. The number of aromatic carboxylic acids is 2. The lowest BCUT2D eigenvalue weighted by Gasteiger charge is -2.03. The molecule has 2 aromatic carbocycles. The summed E-state index contributed by atoms with van der Waals surface area (Å²) in [6.45, 7) is 0. The number of aromatic hydroxyl groups is 2. The largest absolute Gasteiger partial charge is 0.507 e. The summed E-state index contributed by atoms with van der Waals surface area (Å²) in [6, 6.07) is 7.92. The summed E-state index contributed by atoms with van der Waals surface area (Å²) in [5, 5.41) is 44.7. The average molecular weight is 328 g/mol. The van der Waals surface area contributed by atoms with Crippen molar-refractivity contribution < 1.29 is 30.0 Å². The van der Waals surface area contributed by atoms with E-state index < -0.39 is 11.9 Å². The van der Waals surface area contributed by atoms with Crippen LogP contribution in [0.2, 0.25) is 0 Å². The molecule has 0 amide bonds. The number of carbonyl (C=O) groups is 2. The van der Waals surface area contributed by atoms with E-state index in [1.165, 1.54) is 36.4 Å². The van der Waals surface area contributed by atoms with Gasteiger partial charge in [-0.1, -0.05) is 12.1 Å². The fraction of sp³-hybridized carbons (Fsp3) is 0. The molecule has 0 aliphatic carbocycles. The van der Waals surface area contributed by atoms with Gasteiger partial charge in [-0.3, -0.25) is 0 Å². The molecule has 0 aliphatic rings. The van der Waals surface area contributed by atoms with Crippen LogP contribution < -0.4 is 0 Å². The first-order chi connectivity index (χ1) is 11.4. The lowest BCUT2D eigenvalue weighted by Crippen LogP contribution is -2.02. The van der Waals surface area contributed by atoms with Crippen LogP contribution in [0.15, 0.2) is 46.6 Å². The zero-order valence-electron chi connectivity index (χ0n) is 12.1. The maximum atomic E-state index is 11.1. The van der Waals surface area contributed by atoms with E-state index in [0.717, 1.165) is 12.4 Å². The van der Waals surface area contributed by atoms with Gasteiger partial charge in [0.2, 0.25) is 0 Å². The van der Waals surface area contributed by atoms with Gasteiger partial charge in [0.15, 0.2) is 0 Å². The molecule has 2 rings (SSSR count). The van der Waals surface area contributed by atoms with Gasteiger partial charge >= 0.3 is 11.9 Å². The van der Waals surface area contributed by atoms with Crippen molar-refractivity contribution in [2.75, 3.05) is 0 Å². The Morgan fingerprint density at radius 3 is 1.46 bits per heavy atom. The zero-order valence-corrected chi connectivity index (χ0v) is 12.1. The van der Waals surface area contributed by atoms with Crippen molar-refractivity contribution in [2.24, 2.45) is 10.2 Å². The van der Waals surface area contributed by atoms with Gasteiger partial charge < -0.3 is 20.4 Å². The first-order valence-electron chi connectivity index (χ1n) is 6.58. The lowest BCUT2D eigenvalue weighted by molar-refractivity contribution is 0.0685. The number of hydrogen-bond donors (Lipinski definition) is 4. The van der Waals surface area contributed by atoms with Crippen LogP contribution in [-0.4, -0.2) is 44.8 Å². The van der Waals surface area contributed by atoms with Crippen LogP contribution in [0.25, 0.3) is 0 Å². The van der Waals surface area contributed by atoms with E-state index in [4.69, 9.17) is 10.2 Å². The number of benzene rings is 2. The molecule has 0 atom stereocenters. The maximum Gasteiger partial charge on any atom is 0.336 e. The fourth-order valence-electron chi connectivity index (χ4n) is 1.93. The molecule has 0 bridgehead atoms. The number of phenols is 2. The van der Waals surface area contributed by atoms with Crippen molar-refractivity contribution in [1.29, 1.82) is 0 Å². The van der Waals surface area contributed by atoms with Crippen LogP contribution in [-0.2, 0) is 0 Å². The van der Waals surface area contributed by atoms with Crippen molar-refractivity contribution in [3.05, 3.63) is 58.7 Å². The van der Waals surface area contributed by atoms with E-state index in [0.29, 0.717) is 0 Å². The van der Waals surface area contributed by atoms with Gasteiger partial charge in [-0.2, -0.15) is 10.2 Å². The summed E-state index contributed by atoms with van der Waals surface area (Å²) >= 11 is 0. The number of rotatable bonds is 5. The highest BCUT2D eigenvalue weighted by atomic mass is 16.4. The maximum absolute atomic E-state index is 11.1. The summed E-state index contributed by atoms with van der Waals surface area (Å²) < 4.78 is 0. The van der Waals surface area contributed by atoms with Crippen molar-refractivity contribution in [3.63, 3.8) is 0 Å². The molecule has 0 heterocycles. The standard InChI is InChI=1S/C16H12N2O6/c19-13-5-1-3-9(15(21)22)11(13)7-17-18-8-12-10(16(23)24)4-2-6-14(12)20/h1-8,19-20H,(H,21,22)(H,23,24). The van der Waals surface area contributed by atoms with Crippen molar-refractivity contribution >= 4 is 24.4 Å². The summed E-state index contributed by atoms with van der Waals surface area (Å²) in [7, 11) is 0. The molecule has 122 valence electrons. The highest BCUT2D eigenvalue weighted by Gasteiger charge is 2.13. The molecule has 0 aromatic heterocycles. The Kier molecular flexibility index (Phi) is 4.90. The fourth-order valence-corrected chi connectivity index (χ4v) is 1.93. The Labute approximate surface area is 135 Å². The zero-order chi connectivity index (χ0) is 17.7. The van der Waals surface area contributed by atoms with E-state index in [2.05, 4.69) is 10.2 Å². The molecule has 0 aliphatic heterocycles. The minimum atomic E-state index is -1.25. The Morgan fingerprint density at radius 1 is 0.750 bits per heavy atom. The summed E-state index contributed by atoms with van der Waals surface area (Å²) in [6.07, 6.45) is 2.05. The SMILES string of the molecule is O=C(O)c1cccc(O)c1C=NN=Cc1c(O)cccc1C(=O)O. The van der Waals surface area contributed by atoms with Gasteiger partial charge in [-0.25, -0.2) is 9.59 Å². The van der Waals surface area contributed by atoms with Gasteiger partial charge in [0.05, 0.1) is 34.7 Å². The molecule has 24 heavy (non-hydrogen) atoms. The smallest absolute Gasteiger partial charge is 0.336 e. The molecule has 2 aromatic rings. The topological polar surface area (TPSA) is 140 Å². The second-order valence-corrected chi connectivity index (χ2v) is 4.58. The normalized spacial score (nSPS) is 11.2. The molecule has 8 heteroatoms. The van der Waals surface area contributed by atoms with Crippen LogP contribution >= 0.6 is 0 Å². The monoisotopic (exact) mass is 328 g/mol. The molecule has 0 saturated carbocycles. The molecule has 0 saturated heterocycles. The third kappa shape index (κ3) is 3.55. The van der Waals surface area contributed by atoms with Gasteiger partial charge in [0.1, 0.15) is 11.5 Å².